The maximum atomic E-state index is 13.2. The molecule has 1 heterocycles. The molecule has 1 atom stereocenters. The zero-order chi connectivity index (χ0) is 19.3. The first-order valence-corrected chi connectivity index (χ1v) is 10.4. The minimum atomic E-state index is -0.322. The molecule has 0 saturated carbocycles. The number of alkyl halides is 1. The van der Waals surface area contributed by atoms with E-state index in [1.165, 1.54) is 17.3 Å². The fraction of sp³-hybridized carbons (Fsp3) is 0.130. The quantitative estimate of drug-likeness (QED) is 0.235. The number of thioether (sulfide) groups is 1. The van der Waals surface area contributed by atoms with Crippen molar-refractivity contribution >= 4 is 34.3 Å². The summed E-state index contributed by atoms with van der Waals surface area (Å²) in [4.78, 5) is 17.9. The lowest BCUT2D eigenvalue weighted by Crippen LogP contribution is -2.24. The van der Waals surface area contributed by atoms with Gasteiger partial charge >= 0.3 is 0 Å². The molecule has 1 unspecified atom stereocenters. The summed E-state index contributed by atoms with van der Waals surface area (Å²) < 4.78 is 1.43. The standard InChI is InChI=1S/C23H19ClN2OS/c24-21(18-11-5-2-6-12-18)28-23-25-20-14-8-7-13-19(20)22(27)26(23)16-15-17-9-3-1-4-10-17/h1-14,21H,15-16H2. The largest absolute Gasteiger partial charge is 0.287 e. The molecule has 3 nitrogen and oxygen atoms in total. The second-order valence-electron chi connectivity index (χ2n) is 6.45. The molecule has 4 rings (SSSR count). The van der Waals surface area contributed by atoms with Crippen molar-refractivity contribution in [3.05, 3.63) is 106 Å². The number of aryl methyl sites for hydroxylation is 1. The Labute approximate surface area is 173 Å². The maximum absolute atomic E-state index is 13.2. The molecule has 0 N–H and O–H groups in total. The van der Waals surface area contributed by atoms with Gasteiger partial charge in [-0.05, 0) is 29.7 Å². The van der Waals surface area contributed by atoms with Crippen molar-refractivity contribution in [3.63, 3.8) is 0 Å². The van der Waals surface area contributed by atoms with Crippen LogP contribution >= 0.6 is 23.4 Å². The van der Waals surface area contributed by atoms with Crippen LogP contribution in [0.1, 0.15) is 15.8 Å². The van der Waals surface area contributed by atoms with Crippen LogP contribution in [-0.4, -0.2) is 9.55 Å². The average Bonchev–Trinajstić information content (AvgIpc) is 2.75. The summed E-state index contributed by atoms with van der Waals surface area (Å²) in [5.41, 5.74) is 2.85. The summed E-state index contributed by atoms with van der Waals surface area (Å²) in [6, 6.07) is 27.5. The molecule has 3 aromatic carbocycles. The highest BCUT2D eigenvalue weighted by Gasteiger charge is 2.17. The molecule has 0 fully saturated rings. The second-order valence-corrected chi connectivity index (χ2v) is 8.22. The minimum Gasteiger partial charge on any atom is -0.287 e. The Kier molecular flexibility index (Phi) is 5.79. The third-order valence-corrected chi connectivity index (χ3v) is 6.08. The first kappa shape index (κ1) is 18.8. The van der Waals surface area contributed by atoms with Crippen molar-refractivity contribution in [1.29, 1.82) is 0 Å². The van der Waals surface area contributed by atoms with Gasteiger partial charge in [-0.1, -0.05) is 84.6 Å². The van der Waals surface area contributed by atoms with Crippen LogP contribution in [0.25, 0.3) is 10.9 Å². The van der Waals surface area contributed by atoms with Crippen molar-refractivity contribution in [2.75, 3.05) is 0 Å². The minimum absolute atomic E-state index is 0.0269. The molecule has 0 aliphatic carbocycles. The Balaban J connectivity index is 1.71. The van der Waals surface area contributed by atoms with Gasteiger partial charge in [-0.3, -0.25) is 9.36 Å². The molecule has 0 spiro atoms. The topological polar surface area (TPSA) is 34.9 Å². The number of hydrogen-bond donors (Lipinski definition) is 0. The zero-order valence-electron chi connectivity index (χ0n) is 15.2. The number of rotatable bonds is 6. The van der Waals surface area contributed by atoms with Gasteiger partial charge in [0.15, 0.2) is 5.16 Å². The van der Waals surface area contributed by atoms with E-state index in [0.29, 0.717) is 22.6 Å². The van der Waals surface area contributed by atoms with Gasteiger partial charge in [0.05, 0.1) is 10.9 Å². The van der Waals surface area contributed by atoms with Crippen molar-refractivity contribution in [3.8, 4) is 0 Å². The van der Waals surface area contributed by atoms with Crippen LogP contribution in [0.15, 0.2) is 94.9 Å². The molecule has 0 aliphatic rings. The van der Waals surface area contributed by atoms with Gasteiger partial charge in [0.2, 0.25) is 0 Å². The Bertz CT molecular complexity index is 1130. The van der Waals surface area contributed by atoms with E-state index >= 15 is 0 Å². The summed E-state index contributed by atoms with van der Waals surface area (Å²) in [5.74, 6) is 0. The van der Waals surface area contributed by atoms with Gasteiger partial charge in [0, 0.05) is 6.54 Å². The first-order chi connectivity index (χ1) is 13.7. The van der Waals surface area contributed by atoms with Gasteiger partial charge in [-0.25, -0.2) is 4.98 Å². The summed E-state index contributed by atoms with van der Waals surface area (Å²) in [6.07, 6.45) is 0.757. The Morgan fingerprint density at radius 2 is 1.54 bits per heavy atom. The van der Waals surface area contributed by atoms with Crippen molar-refractivity contribution in [2.45, 2.75) is 22.8 Å². The highest BCUT2D eigenvalue weighted by atomic mass is 35.5. The van der Waals surface area contributed by atoms with Crippen LogP contribution in [0.5, 0.6) is 0 Å². The molecule has 5 heteroatoms. The molecule has 0 amide bonds. The maximum Gasteiger partial charge on any atom is 0.262 e. The molecule has 4 aromatic rings. The molecule has 0 aliphatic heterocycles. The highest BCUT2D eigenvalue weighted by Crippen LogP contribution is 2.37. The lowest BCUT2D eigenvalue weighted by atomic mass is 10.1. The van der Waals surface area contributed by atoms with Crippen LogP contribution in [0.4, 0.5) is 0 Å². The number of halogens is 1. The Hall–Kier alpha value is -2.56. The summed E-state index contributed by atoms with van der Waals surface area (Å²) in [7, 11) is 0. The molecule has 0 radical (unpaired) electrons. The lowest BCUT2D eigenvalue weighted by Gasteiger charge is -2.15. The monoisotopic (exact) mass is 406 g/mol. The van der Waals surface area contributed by atoms with Gasteiger partial charge in [0.1, 0.15) is 4.71 Å². The van der Waals surface area contributed by atoms with E-state index in [9.17, 15) is 4.79 Å². The van der Waals surface area contributed by atoms with Crippen LogP contribution in [-0.2, 0) is 13.0 Å². The van der Waals surface area contributed by atoms with E-state index in [1.54, 1.807) is 4.57 Å². The predicted octanol–water partition coefficient (Wildman–Crippen LogP) is 5.67. The van der Waals surface area contributed by atoms with Crippen LogP contribution in [0, 0.1) is 0 Å². The number of benzene rings is 3. The molecule has 28 heavy (non-hydrogen) atoms. The average molecular weight is 407 g/mol. The number of fused-ring (bicyclic) bond motifs is 1. The molecule has 1 aromatic heterocycles. The number of hydrogen-bond acceptors (Lipinski definition) is 3. The van der Waals surface area contributed by atoms with E-state index in [0.717, 1.165) is 12.0 Å². The SMILES string of the molecule is O=c1c2ccccc2nc(SC(Cl)c2ccccc2)n1CCc1ccccc1. The summed E-state index contributed by atoms with van der Waals surface area (Å²) in [6.45, 7) is 0.557. The van der Waals surface area contributed by atoms with Gasteiger partial charge < -0.3 is 0 Å². The number of para-hydroxylation sites is 1. The van der Waals surface area contributed by atoms with Gasteiger partial charge in [-0.2, -0.15) is 0 Å². The fourth-order valence-electron chi connectivity index (χ4n) is 3.09. The van der Waals surface area contributed by atoms with Gasteiger partial charge in [-0.15, -0.1) is 11.6 Å². The van der Waals surface area contributed by atoms with Crippen LogP contribution < -0.4 is 5.56 Å². The summed E-state index contributed by atoms with van der Waals surface area (Å²) in [5, 5.41) is 1.27. The van der Waals surface area contributed by atoms with E-state index in [-0.39, 0.29) is 10.3 Å². The third kappa shape index (κ3) is 4.13. The number of aromatic nitrogens is 2. The fourth-order valence-corrected chi connectivity index (χ4v) is 4.40. The smallest absolute Gasteiger partial charge is 0.262 e. The normalized spacial score (nSPS) is 12.2. The Morgan fingerprint density at radius 1 is 0.893 bits per heavy atom. The Morgan fingerprint density at radius 3 is 2.29 bits per heavy atom. The van der Waals surface area contributed by atoms with Crippen LogP contribution in [0.3, 0.4) is 0 Å². The third-order valence-electron chi connectivity index (χ3n) is 4.56. The van der Waals surface area contributed by atoms with E-state index in [2.05, 4.69) is 12.1 Å². The van der Waals surface area contributed by atoms with Crippen molar-refractivity contribution < 1.29 is 0 Å². The summed E-state index contributed by atoms with van der Waals surface area (Å²) >= 11 is 8.05. The molecule has 0 saturated heterocycles. The molecular formula is C23H19ClN2OS. The van der Waals surface area contributed by atoms with E-state index in [1.807, 2.05) is 72.8 Å². The predicted molar refractivity (Wildman–Crippen MR) is 117 cm³/mol. The molecule has 140 valence electrons. The van der Waals surface area contributed by atoms with Gasteiger partial charge in [0.25, 0.3) is 5.56 Å². The highest BCUT2D eigenvalue weighted by molar-refractivity contribution is 8.00. The van der Waals surface area contributed by atoms with Crippen LogP contribution in [0.2, 0.25) is 0 Å². The lowest BCUT2D eigenvalue weighted by molar-refractivity contribution is 0.595. The first-order valence-electron chi connectivity index (χ1n) is 9.11. The van der Waals surface area contributed by atoms with E-state index < -0.39 is 0 Å². The molecule has 0 bridgehead atoms. The van der Waals surface area contributed by atoms with Crippen molar-refractivity contribution in [2.24, 2.45) is 0 Å². The van der Waals surface area contributed by atoms with E-state index in [4.69, 9.17) is 16.6 Å². The molecular weight excluding hydrogens is 388 g/mol. The second kappa shape index (κ2) is 8.63. The number of nitrogens with zero attached hydrogens (tertiary/aromatic N) is 2. The van der Waals surface area contributed by atoms with Crippen molar-refractivity contribution in [1.82, 2.24) is 9.55 Å². The zero-order valence-corrected chi connectivity index (χ0v) is 16.7.